The van der Waals surface area contributed by atoms with Crippen molar-refractivity contribution >= 4 is 52.3 Å². The summed E-state index contributed by atoms with van der Waals surface area (Å²) >= 11 is 8.38. The first-order valence-electron chi connectivity index (χ1n) is 9.02. The summed E-state index contributed by atoms with van der Waals surface area (Å²) in [5.74, 6) is -0.845. The fourth-order valence-electron chi connectivity index (χ4n) is 2.86. The van der Waals surface area contributed by atoms with Gasteiger partial charge < -0.3 is 0 Å². The van der Waals surface area contributed by atoms with E-state index < -0.39 is 17.0 Å². The highest BCUT2D eigenvalue weighted by Gasteiger charge is 2.35. The van der Waals surface area contributed by atoms with Crippen molar-refractivity contribution in [2.75, 3.05) is 0 Å². The van der Waals surface area contributed by atoms with Crippen LogP contribution in [0.4, 0.5) is 9.18 Å². The van der Waals surface area contributed by atoms with Crippen molar-refractivity contribution < 1.29 is 14.0 Å². The van der Waals surface area contributed by atoms with E-state index >= 15 is 0 Å². The molecule has 1 fully saturated rings. The minimum Gasteiger partial charge on any atom is -0.268 e. The molecule has 1 heterocycles. The Balaban J connectivity index is 1.46. The lowest BCUT2D eigenvalue weighted by Gasteiger charge is -2.12. The maximum atomic E-state index is 13.9. The summed E-state index contributed by atoms with van der Waals surface area (Å²) in [7, 11) is 0. The Kier molecular flexibility index (Phi) is 6.27. The largest absolute Gasteiger partial charge is 0.293 e. The van der Waals surface area contributed by atoms with Gasteiger partial charge in [0.1, 0.15) is 5.82 Å². The van der Waals surface area contributed by atoms with E-state index in [-0.39, 0.29) is 6.54 Å². The van der Waals surface area contributed by atoms with Gasteiger partial charge in [0.2, 0.25) is 0 Å². The van der Waals surface area contributed by atoms with Crippen LogP contribution in [0.3, 0.4) is 0 Å². The van der Waals surface area contributed by atoms with E-state index in [1.165, 1.54) is 6.07 Å². The van der Waals surface area contributed by atoms with Crippen LogP contribution in [0.1, 0.15) is 11.1 Å². The summed E-state index contributed by atoms with van der Waals surface area (Å²) in [5.41, 5.74) is 1.12. The van der Waals surface area contributed by atoms with Crippen LogP contribution in [-0.2, 0) is 11.3 Å². The van der Waals surface area contributed by atoms with Gasteiger partial charge in [-0.25, -0.2) is 4.39 Å². The van der Waals surface area contributed by atoms with Gasteiger partial charge in [0.15, 0.2) is 0 Å². The summed E-state index contributed by atoms with van der Waals surface area (Å²) in [4.78, 5) is 28.4. The summed E-state index contributed by atoms with van der Waals surface area (Å²) in [6.45, 7) is -0.0780. The molecule has 3 nitrogen and oxygen atoms in total. The van der Waals surface area contributed by atoms with E-state index in [1.807, 2.05) is 48.5 Å². The molecule has 0 atom stereocenters. The lowest BCUT2D eigenvalue weighted by Crippen LogP contribution is -2.27. The highest BCUT2D eigenvalue weighted by molar-refractivity contribution is 8.18. The van der Waals surface area contributed by atoms with Crippen LogP contribution in [0.2, 0.25) is 5.02 Å². The zero-order valence-electron chi connectivity index (χ0n) is 15.5. The van der Waals surface area contributed by atoms with E-state index in [2.05, 4.69) is 0 Å². The SMILES string of the molecule is O=C1S/C(=C\c2ccc(Sc3ccc(Cl)cc3)cc2)C(=O)N1Cc1ccccc1F. The molecule has 1 saturated heterocycles. The topological polar surface area (TPSA) is 37.4 Å². The molecule has 0 N–H and O–H groups in total. The predicted molar refractivity (Wildman–Crippen MR) is 120 cm³/mol. The predicted octanol–water partition coefficient (Wildman–Crippen LogP) is 6.87. The number of rotatable bonds is 5. The second kappa shape index (κ2) is 9.08. The Morgan fingerprint density at radius 1 is 0.933 bits per heavy atom. The minimum absolute atomic E-state index is 0.0780. The number of benzene rings is 3. The summed E-state index contributed by atoms with van der Waals surface area (Å²) in [6.07, 6.45) is 1.68. The molecule has 30 heavy (non-hydrogen) atoms. The van der Waals surface area contributed by atoms with Crippen molar-refractivity contribution in [2.45, 2.75) is 16.3 Å². The number of carbonyl (C=O) groups is 2. The van der Waals surface area contributed by atoms with Gasteiger partial charge in [-0.05, 0) is 65.9 Å². The summed E-state index contributed by atoms with van der Waals surface area (Å²) in [6, 6.07) is 21.4. The number of hydrogen-bond acceptors (Lipinski definition) is 4. The van der Waals surface area contributed by atoms with Crippen molar-refractivity contribution in [3.63, 3.8) is 0 Å². The minimum atomic E-state index is -0.436. The quantitative estimate of drug-likeness (QED) is 0.393. The van der Waals surface area contributed by atoms with E-state index in [1.54, 1.807) is 36.0 Å². The van der Waals surface area contributed by atoms with Crippen LogP contribution in [0.15, 0.2) is 87.5 Å². The van der Waals surface area contributed by atoms with Crippen molar-refractivity contribution in [1.29, 1.82) is 0 Å². The number of amides is 2. The van der Waals surface area contributed by atoms with Gasteiger partial charge in [-0.2, -0.15) is 0 Å². The summed E-state index contributed by atoms with van der Waals surface area (Å²) in [5, 5.41) is 0.295. The van der Waals surface area contributed by atoms with Gasteiger partial charge in [-0.3, -0.25) is 14.5 Å². The van der Waals surface area contributed by atoms with E-state index in [4.69, 9.17) is 11.6 Å². The molecule has 2 amide bonds. The first kappa shape index (κ1) is 20.7. The standard InChI is InChI=1S/C23H15ClFNO2S2/c24-17-7-11-19(12-8-17)29-18-9-5-15(6-10-18)13-21-22(27)26(23(28)30-21)14-16-3-1-2-4-20(16)25/h1-13H,14H2/b21-13-. The fourth-order valence-corrected chi connectivity index (χ4v) is 4.64. The van der Waals surface area contributed by atoms with E-state index in [0.717, 1.165) is 32.0 Å². The van der Waals surface area contributed by atoms with E-state index in [0.29, 0.717) is 15.5 Å². The van der Waals surface area contributed by atoms with Crippen LogP contribution in [0.25, 0.3) is 6.08 Å². The Hall–Kier alpha value is -2.54. The van der Waals surface area contributed by atoms with Gasteiger partial charge in [-0.1, -0.05) is 53.7 Å². The Morgan fingerprint density at radius 3 is 2.23 bits per heavy atom. The number of imide groups is 1. The highest BCUT2D eigenvalue weighted by Crippen LogP contribution is 2.34. The number of hydrogen-bond donors (Lipinski definition) is 0. The van der Waals surface area contributed by atoms with Crippen molar-refractivity contribution in [2.24, 2.45) is 0 Å². The maximum Gasteiger partial charge on any atom is 0.293 e. The molecule has 0 saturated carbocycles. The second-order valence-corrected chi connectivity index (χ2v) is 9.06. The number of carbonyl (C=O) groups excluding carboxylic acids is 2. The van der Waals surface area contributed by atoms with Crippen LogP contribution >= 0.6 is 35.1 Å². The van der Waals surface area contributed by atoms with Crippen LogP contribution in [-0.4, -0.2) is 16.0 Å². The third-order valence-corrected chi connectivity index (χ3v) is 6.56. The van der Waals surface area contributed by atoms with Gasteiger partial charge in [-0.15, -0.1) is 0 Å². The number of halogens is 2. The summed E-state index contributed by atoms with van der Waals surface area (Å²) < 4.78 is 13.9. The first-order valence-corrected chi connectivity index (χ1v) is 11.0. The van der Waals surface area contributed by atoms with Crippen molar-refractivity contribution in [3.8, 4) is 0 Å². The monoisotopic (exact) mass is 455 g/mol. The average molecular weight is 456 g/mol. The van der Waals surface area contributed by atoms with Crippen LogP contribution < -0.4 is 0 Å². The third kappa shape index (κ3) is 4.78. The molecule has 0 unspecified atom stereocenters. The molecule has 0 bridgehead atoms. The molecule has 0 radical (unpaired) electrons. The normalized spacial score (nSPS) is 15.3. The Labute approximate surface area is 186 Å². The lowest BCUT2D eigenvalue weighted by molar-refractivity contribution is -0.123. The maximum absolute atomic E-state index is 13.9. The molecule has 1 aliphatic rings. The second-order valence-electron chi connectivity index (χ2n) is 6.48. The van der Waals surface area contributed by atoms with Gasteiger partial charge in [0.25, 0.3) is 11.1 Å². The van der Waals surface area contributed by atoms with Crippen molar-refractivity contribution in [1.82, 2.24) is 4.90 Å². The Bertz CT molecular complexity index is 1130. The number of nitrogens with zero attached hydrogens (tertiary/aromatic N) is 1. The van der Waals surface area contributed by atoms with E-state index in [9.17, 15) is 14.0 Å². The molecule has 0 aromatic heterocycles. The first-order chi connectivity index (χ1) is 14.5. The molecule has 3 aromatic carbocycles. The number of thioether (sulfide) groups is 1. The highest BCUT2D eigenvalue weighted by atomic mass is 35.5. The van der Waals surface area contributed by atoms with Gasteiger partial charge in [0, 0.05) is 20.4 Å². The van der Waals surface area contributed by atoms with Gasteiger partial charge >= 0.3 is 0 Å². The zero-order valence-corrected chi connectivity index (χ0v) is 17.9. The molecule has 7 heteroatoms. The molecule has 4 rings (SSSR count). The molecule has 3 aromatic rings. The Morgan fingerprint density at radius 2 is 1.57 bits per heavy atom. The lowest BCUT2D eigenvalue weighted by atomic mass is 10.2. The molecular formula is C23H15ClFNO2S2. The third-order valence-electron chi connectivity index (χ3n) is 4.39. The molecule has 150 valence electrons. The van der Waals surface area contributed by atoms with Crippen molar-refractivity contribution in [3.05, 3.63) is 99.7 Å². The fraction of sp³-hybridized carbons (Fsp3) is 0.0435. The van der Waals surface area contributed by atoms with Crippen LogP contribution in [0, 0.1) is 5.82 Å². The van der Waals surface area contributed by atoms with Crippen LogP contribution in [0.5, 0.6) is 0 Å². The smallest absolute Gasteiger partial charge is 0.268 e. The molecule has 1 aliphatic heterocycles. The van der Waals surface area contributed by atoms with Gasteiger partial charge in [0.05, 0.1) is 11.4 Å². The average Bonchev–Trinajstić information content (AvgIpc) is 3.00. The molecular weight excluding hydrogens is 441 g/mol. The molecule has 0 spiro atoms. The zero-order chi connectivity index (χ0) is 21.1. The molecule has 0 aliphatic carbocycles.